The van der Waals surface area contributed by atoms with Crippen LogP contribution >= 0.6 is 0 Å². The Labute approximate surface area is 170 Å². The summed E-state index contributed by atoms with van der Waals surface area (Å²) in [5.41, 5.74) is 1.98. The summed E-state index contributed by atoms with van der Waals surface area (Å²) >= 11 is 0. The fraction of sp³-hybridized carbons (Fsp3) is 0.526. The number of benzene rings is 1. The van der Waals surface area contributed by atoms with Gasteiger partial charge in [-0.1, -0.05) is 12.1 Å². The molecule has 3 N–H and O–H groups in total. The normalized spacial score (nSPS) is 18.7. The SMILES string of the molecule is CS(=O)(=O)N1CCC(Nc2ncc3cccc(N4CC(CC#N)C4)c3n2)CC1.O. The highest BCUT2D eigenvalue weighted by Gasteiger charge is 2.28. The van der Waals surface area contributed by atoms with Crippen molar-refractivity contribution in [2.45, 2.75) is 25.3 Å². The lowest BCUT2D eigenvalue weighted by Gasteiger charge is -2.40. The van der Waals surface area contributed by atoms with Crippen molar-refractivity contribution in [3.63, 3.8) is 0 Å². The van der Waals surface area contributed by atoms with E-state index in [0.29, 0.717) is 31.4 Å². The molecule has 0 atom stereocenters. The standard InChI is InChI=1S/C19H24N6O2S.H2O/c1-28(26,27)25-9-6-16(7-10-25)22-19-21-11-15-3-2-4-17(18(15)23-19)24-12-14(13-24)5-8-20;/h2-4,11,14,16H,5-7,9-10,12-13H2,1H3,(H,21,22,23);1H2. The maximum Gasteiger partial charge on any atom is 0.223 e. The Morgan fingerprint density at radius 2 is 2.00 bits per heavy atom. The molecule has 2 aliphatic rings. The van der Waals surface area contributed by atoms with Gasteiger partial charge in [0, 0.05) is 56.1 Å². The average molecular weight is 419 g/mol. The van der Waals surface area contributed by atoms with Crippen LogP contribution in [0.15, 0.2) is 24.4 Å². The van der Waals surface area contributed by atoms with Gasteiger partial charge in [-0.05, 0) is 18.9 Å². The lowest BCUT2D eigenvalue weighted by Crippen LogP contribution is -2.46. The summed E-state index contributed by atoms with van der Waals surface area (Å²) in [7, 11) is -3.12. The largest absolute Gasteiger partial charge is 0.412 e. The van der Waals surface area contributed by atoms with Crippen molar-refractivity contribution < 1.29 is 13.9 Å². The maximum absolute atomic E-state index is 11.7. The molecule has 0 unspecified atom stereocenters. The number of nitrogens with one attached hydrogen (secondary N) is 1. The van der Waals surface area contributed by atoms with E-state index < -0.39 is 10.0 Å². The maximum atomic E-state index is 11.7. The Balaban J connectivity index is 0.00000240. The van der Waals surface area contributed by atoms with Gasteiger partial charge < -0.3 is 15.7 Å². The smallest absolute Gasteiger partial charge is 0.223 e. The lowest BCUT2D eigenvalue weighted by atomic mass is 9.96. The van der Waals surface area contributed by atoms with Crippen molar-refractivity contribution in [2.24, 2.45) is 5.92 Å². The van der Waals surface area contributed by atoms with E-state index in [0.717, 1.165) is 42.5 Å². The predicted molar refractivity (Wildman–Crippen MR) is 112 cm³/mol. The van der Waals surface area contributed by atoms with Gasteiger partial charge >= 0.3 is 0 Å². The first kappa shape index (κ1) is 21.2. The van der Waals surface area contributed by atoms with E-state index in [1.54, 1.807) is 0 Å². The van der Waals surface area contributed by atoms with E-state index in [1.807, 2.05) is 18.3 Å². The molecule has 0 bridgehead atoms. The second kappa shape index (κ2) is 8.49. The number of fused-ring (bicyclic) bond motifs is 1. The van der Waals surface area contributed by atoms with Crippen molar-refractivity contribution in [3.8, 4) is 6.07 Å². The fourth-order valence-corrected chi connectivity index (χ4v) is 4.78. The van der Waals surface area contributed by atoms with E-state index in [2.05, 4.69) is 27.3 Å². The summed E-state index contributed by atoms with van der Waals surface area (Å²) in [6, 6.07) is 8.47. The number of rotatable bonds is 5. The monoisotopic (exact) mass is 418 g/mol. The third kappa shape index (κ3) is 4.58. The molecule has 0 saturated carbocycles. The van der Waals surface area contributed by atoms with Crippen LogP contribution in [-0.4, -0.2) is 66.6 Å². The van der Waals surface area contributed by atoms with Crippen molar-refractivity contribution >= 4 is 32.6 Å². The van der Waals surface area contributed by atoms with Crippen LogP contribution in [0.25, 0.3) is 10.9 Å². The van der Waals surface area contributed by atoms with Gasteiger partial charge in [0.1, 0.15) is 0 Å². The zero-order valence-corrected chi connectivity index (χ0v) is 17.2. The lowest BCUT2D eigenvalue weighted by molar-refractivity contribution is 0.331. The van der Waals surface area contributed by atoms with E-state index in [-0.39, 0.29) is 11.5 Å². The van der Waals surface area contributed by atoms with Gasteiger partial charge in [0.05, 0.1) is 23.5 Å². The predicted octanol–water partition coefficient (Wildman–Crippen LogP) is 0.991. The van der Waals surface area contributed by atoms with Crippen molar-refractivity contribution in [3.05, 3.63) is 24.4 Å². The van der Waals surface area contributed by atoms with E-state index in [1.165, 1.54) is 10.6 Å². The second-order valence-electron chi connectivity index (χ2n) is 7.62. The Morgan fingerprint density at radius 3 is 2.66 bits per heavy atom. The Hall–Kier alpha value is -2.48. The topological polar surface area (TPSA) is 134 Å². The molecule has 2 aliphatic heterocycles. The Morgan fingerprint density at radius 1 is 1.28 bits per heavy atom. The summed E-state index contributed by atoms with van der Waals surface area (Å²) in [6.07, 6.45) is 5.14. The molecule has 1 aromatic carbocycles. The molecule has 3 heterocycles. The molecule has 9 nitrogen and oxygen atoms in total. The Bertz CT molecular complexity index is 1010. The zero-order valence-electron chi connectivity index (χ0n) is 16.4. The number of nitriles is 1. The number of anilines is 2. The van der Waals surface area contributed by atoms with Crippen molar-refractivity contribution in [2.75, 3.05) is 42.7 Å². The van der Waals surface area contributed by atoms with Crippen molar-refractivity contribution in [1.29, 1.82) is 5.26 Å². The number of aromatic nitrogens is 2. The third-order valence-corrected chi connectivity index (χ3v) is 6.83. The minimum atomic E-state index is -3.12. The number of piperidine rings is 1. The number of para-hydroxylation sites is 1. The number of nitrogens with zero attached hydrogens (tertiary/aromatic N) is 5. The fourth-order valence-electron chi connectivity index (χ4n) is 3.90. The first-order chi connectivity index (χ1) is 13.4. The van der Waals surface area contributed by atoms with Gasteiger partial charge in [0.2, 0.25) is 16.0 Å². The summed E-state index contributed by atoms with van der Waals surface area (Å²) in [6.45, 7) is 2.79. The first-order valence-corrected chi connectivity index (χ1v) is 11.4. The average Bonchev–Trinajstić information content (AvgIpc) is 2.64. The molecule has 10 heteroatoms. The molecule has 0 spiro atoms. The van der Waals surface area contributed by atoms with Crippen LogP contribution < -0.4 is 10.2 Å². The van der Waals surface area contributed by atoms with Crippen LogP contribution in [0.1, 0.15) is 19.3 Å². The number of hydrogen-bond acceptors (Lipinski definition) is 7. The molecule has 1 aromatic heterocycles. The molecular formula is C19H26N6O3S. The van der Waals surface area contributed by atoms with Gasteiger partial charge in [0.15, 0.2) is 0 Å². The first-order valence-electron chi connectivity index (χ1n) is 9.53. The van der Waals surface area contributed by atoms with Crippen LogP contribution in [0.4, 0.5) is 11.6 Å². The zero-order chi connectivity index (χ0) is 19.7. The highest BCUT2D eigenvalue weighted by Crippen LogP contribution is 2.32. The van der Waals surface area contributed by atoms with Crippen LogP contribution in [-0.2, 0) is 10.0 Å². The summed E-state index contributed by atoms with van der Waals surface area (Å²) < 4.78 is 24.8. The molecule has 2 saturated heterocycles. The molecule has 156 valence electrons. The van der Waals surface area contributed by atoms with Gasteiger partial charge in [-0.15, -0.1) is 0 Å². The van der Waals surface area contributed by atoms with E-state index in [4.69, 9.17) is 10.2 Å². The van der Waals surface area contributed by atoms with E-state index in [9.17, 15) is 8.42 Å². The molecule has 0 radical (unpaired) electrons. The van der Waals surface area contributed by atoms with Gasteiger partial charge in [-0.3, -0.25) is 0 Å². The quantitative estimate of drug-likeness (QED) is 0.765. The van der Waals surface area contributed by atoms with Crippen LogP contribution in [0, 0.1) is 17.2 Å². The van der Waals surface area contributed by atoms with Crippen LogP contribution in [0.2, 0.25) is 0 Å². The molecule has 0 aliphatic carbocycles. The summed E-state index contributed by atoms with van der Waals surface area (Å²) in [4.78, 5) is 11.4. The molecule has 4 rings (SSSR count). The van der Waals surface area contributed by atoms with Crippen molar-refractivity contribution in [1.82, 2.24) is 14.3 Å². The van der Waals surface area contributed by atoms with Gasteiger partial charge in [-0.2, -0.15) is 5.26 Å². The summed E-state index contributed by atoms with van der Waals surface area (Å²) in [5.74, 6) is 1.01. The van der Waals surface area contributed by atoms with Gasteiger partial charge in [0.25, 0.3) is 0 Å². The Kier molecular flexibility index (Phi) is 6.21. The minimum Gasteiger partial charge on any atom is -0.412 e. The molecule has 0 amide bonds. The third-order valence-electron chi connectivity index (χ3n) is 5.52. The highest BCUT2D eigenvalue weighted by molar-refractivity contribution is 7.88. The van der Waals surface area contributed by atoms with Crippen LogP contribution in [0.5, 0.6) is 0 Å². The van der Waals surface area contributed by atoms with Gasteiger partial charge in [-0.25, -0.2) is 22.7 Å². The van der Waals surface area contributed by atoms with E-state index >= 15 is 0 Å². The molecular weight excluding hydrogens is 392 g/mol. The number of hydrogen-bond donors (Lipinski definition) is 1. The van der Waals surface area contributed by atoms with Crippen LogP contribution in [0.3, 0.4) is 0 Å². The minimum absolute atomic E-state index is 0. The summed E-state index contributed by atoms with van der Waals surface area (Å²) in [5, 5.41) is 13.2. The molecule has 2 aromatic rings. The highest BCUT2D eigenvalue weighted by atomic mass is 32.2. The second-order valence-corrected chi connectivity index (χ2v) is 9.60. The number of sulfonamides is 1. The molecule has 29 heavy (non-hydrogen) atoms. The molecule has 2 fully saturated rings.